The molecule has 1 saturated carbocycles. The minimum absolute atomic E-state index is 0.00579. The molecule has 2 aromatic rings. The third kappa shape index (κ3) is 1.71. The first-order valence-corrected chi connectivity index (χ1v) is 6.07. The van der Waals surface area contributed by atoms with Crippen molar-refractivity contribution in [2.75, 3.05) is 0 Å². The highest BCUT2D eigenvalue weighted by molar-refractivity contribution is 6.05. The monoisotopic (exact) mass is 228 g/mol. The van der Waals surface area contributed by atoms with Crippen LogP contribution >= 0.6 is 0 Å². The second-order valence-corrected chi connectivity index (χ2v) is 5.12. The number of nitrogens with one attached hydrogen (secondary N) is 2. The highest BCUT2D eigenvalue weighted by Gasteiger charge is 2.33. The molecule has 88 valence electrons. The number of hydrogen-bond acceptors (Lipinski definition) is 1. The summed E-state index contributed by atoms with van der Waals surface area (Å²) in [6, 6.07) is 7.79. The van der Waals surface area contributed by atoms with Gasteiger partial charge in [0.15, 0.2) is 0 Å². The minimum Gasteiger partial charge on any atom is -0.361 e. The van der Waals surface area contributed by atoms with Crippen LogP contribution in [0.2, 0.25) is 0 Å². The summed E-state index contributed by atoms with van der Waals surface area (Å²) in [7, 11) is 0. The number of benzene rings is 1. The van der Waals surface area contributed by atoms with E-state index >= 15 is 0 Å². The maximum Gasteiger partial charge on any atom is 0.253 e. The summed E-state index contributed by atoms with van der Waals surface area (Å²) in [4.78, 5) is 15.4. The van der Waals surface area contributed by atoms with Crippen molar-refractivity contribution in [1.82, 2.24) is 10.3 Å². The number of carbonyl (C=O) groups excluding carboxylic acids is 1. The van der Waals surface area contributed by atoms with Crippen molar-refractivity contribution >= 4 is 16.8 Å². The van der Waals surface area contributed by atoms with Crippen molar-refractivity contribution in [3.63, 3.8) is 0 Å². The van der Waals surface area contributed by atoms with Gasteiger partial charge in [-0.2, -0.15) is 0 Å². The van der Waals surface area contributed by atoms with E-state index in [1.165, 1.54) is 6.42 Å². The van der Waals surface area contributed by atoms with Gasteiger partial charge >= 0.3 is 0 Å². The molecule has 1 aliphatic rings. The summed E-state index contributed by atoms with van der Waals surface area (Å²) in [5.74, 6) is 0.0280. The van der Waals surface area contributed by atoms with Gasteiger partial charge in [0.1, 0.15) is 0 Å². The van der Waals surface area contributed by atoms with Gasteiger partial charge in [-0.15, -0.1) is 0 Å². The molecule has 3 nitrogen and oxygen atoms in total. The Hall–Kier alpha value is -1.77. The van der Waals surface area contributed by atoms with E-state index in [1.807, 2.05) is 30.5 Å². The molecule has 2 N–H and O–H groups in total. The van der Waals surface area contributed by atoms with Crippen molar-refractivity contribution in [3.05, 3.63) is 36.0 Å². The third-order valence-corrected chi connectivity index (χ3v) is 3.70. The van der Waals surface area contributed by atoms with Crippen LogP contribution in [0.15, 0.2) is 30.5 Å². The molecule has 1 aromatic heterocycles. The summed E-state index contributed by atoms with van der Waals surface area (Å²) in [6.07, 6.45) is 5.24. The quantitative estimate of drug-likeness (QED) is 0.815. The van der Waals surface area contributed by atoms with Gasteiger partial charge in [0, 0.05) is 17.1 Å². The molecule has 3 rings (SSSR count). The summed E-state index contributed by atoms with van der Waals surface area (Å²) in [5, 5.41) is 4.21. The number of H-pyrrole nitrogens is 1. The lowest BCUT2D eigenvalue weighted by Crippen LogP contribution is -2.50. The third-order valence-electron chi connectivity index (χ3n) is 3.70. The number of rotatable bonds is 2. The van der Waals surface area contributed by atoms with Crippen LogP contribution in [-0.4, -0.2) is 16.4 Å². The zero-order chi connectivity index (χ0) is 11.9. The first kappa shape index (κ1) is 10.4. The number of aromatic amines is 1. The SMILES string of the molecule is CC1(NC(=O)c2cccc3cc[nH]c23)CCC1. The first-order chi connectivity index (χ1) is 8.18. The lowest BCUT2D eigenvalue weighted by atomic mass is 9.78. The molecule has 0 aliphatic heterocycles. The van der Waals surface area contributed by atoms with Crippen molar-refractivity contribution in [1.29, 1.82) is 0 Å². The fraction of sp³-hybridized carbons (Fsp3) is 0.357. The number of hydrogen-bond donors (Lipinski definition) is 2. The minimum atomic E-state index is 0.00579. The topological polar surface area (TPSA) is 44.9 Å². The van der Waals surface area contributed by atoms with E-state index in [4.69, 9.17) is 0 Å². The van der Waals surface area contributed by atoms with Crippen LogP contribution < -0.4 is 5.32 Å². The number of amides is 1. The molecule has 0 saturated heterocycles. The first-order valence-electron chi connectivity index (χ1n) is 6.07. The molecule has 1 fully saturated rings. The van der Waals surface area contributed by atoms with Gasteiger partial charge in [-0.05, 0) is 38.3 Å². The summed E-state index contributed by atoms with van der Waals surface area (Å²) in [5.41, 5.74) is 1.67. The van der Waals surface area contributed by atoms with E-state index in [0.717, 1.165) is 29.3 Å². The van der Waals surface area contributed by atoms with Crippen LogP contribution in [0.5, 0.6) is 0 Å². The van der Waals surface area contributed by atoms with Crippen LogP contribution in [0.25, 0.3) is 10.9 Å². The highest BCUT2D eigenvalue weighted by atomic mass is 16.1. The summed E-state index contributed by atoms with van der Waals surface area (Å²) in [6.45, 7) is 2.11. The van der Waals surface area contributed by atoms with Gasteiger partial charge in [-0.25, -0.2) is 0 Å². The van der Waals surface area contributed by atoms with E-state index in [2.05, 4.69) is 17.2 Å². The maximum absolute atomic E-state index is 12.2. The molecule has 1 heterocycles. The summed E-state index contributed by atoms with van der Waals surface area (Å²) >= 11 is 0. The normalized spacial score (nSPS) is 17.7. The Morgan fingerprint density at radius 1 is 1.35 bits per heavy atom. The van der Waals surface area contributed by atoms with Crippen LogP contribution in [0.3, 0.4) is 0 Å². The smallest absolute Gasteiger partial charge is 0.253 e. The average Bonchev–Trinajstić information content (AvgIpc) is 2.74. The Morgan fingerprint density at radius 3 is 2.88 bits per heavy atom. The highest BCUT2D eigenvalue weighted by Crippen LogP contribution is 2.31. The zero-order valence-electron chi connectivity index (χ0n) is 9.92. The molecule has 0 spiro atoms. The maximum atomic E-state index is 12.2. The molecule has 0 radical (unpaired) electrons. The molecule has 1 aliphatic carbocycles. The van der Waals surface area contributed by atoms with E-state index < -0.39 is 0 Å². The number of carbonyl (C=O) groups is 1. The van der Waals surface area contributed by atoms with Crippen molar-refractivity contribution in [2.45, 2.75) is 31.7 Å². The fourth-order valence-corrected chi connectivity index (χ4v) is 2.45. The largest absolute Gasteiger partial charge is 0.361 e. The Kier molecular flexibility index (Phi) is 2.21. The van der Waals surface area contributed by atoms with Crippen molar-refractivity contribution in [2.24, 2.45) is 0 Å². The van der Waals surface area contributed by atoms with E-state index in [0.29, 0.717) is 0 Å². The molecule has 3 heteroatoms. The number of aromatic nitrogens is 1. The molecule has 0 unspecified atom stereocenters. The van der Waals surface area contributed by atoms with Crippen molar-refractivity contribution < 1.29 is 4.79 Å². The van der Waals surface area contributed by atoms with Gasteiger partial charge < -0.3 is 10.3 Å². The lowest BCUT2D eigenvalue weighted by Gasteiger charge is -2.39. The van der Waals surface area contributed by atoms with Crippen LogP contribution in [0.4, 0.5) is 0 Å². The van der Waals surface area contributed by atoms with Crippen molar-refractivity contribution in [3.8, 4) is 0 Å². The molecule has 17 heavy (non-hydrogen) atoms. The molecular formula is C14H16N2O. The van der Waals surface area contributed by atoms with Gasteiger partial charge in [-0.3, -0.25) is 4.79 Å². The van der Waals surface area contributed by atoms with Gasteiger partial charge in [0.2, 0.25) is 0 Å². The molecule has 1 amide bonds. The Labute approximate surface area is 100 Å². The fourth-order valence-electron chi connectivity index (χ4n) is 2.45. The van der Waals surface area contributed by atoms with Gasteiger partial charge in [0.25, 0.3) is 5.91 Å². The molecule has 0 atom stereocenters. The van der Waals surface area contributed by atoms with Gasteiger partial charge in [0.05, 0.1) is 11.1 Å². The average molecular weight is 228 g/mol. The number of para-hydroxylation sites is 1. The van der Waals surface area contributed by atoms with Gasteiger partial charge in [-0.1, -0.05) is 12.1 Å². The second kappa shape index (κ2) is 3.62. The van der Waals surface area contributed by atoms with E-state index in [9.17, 15) is 4.79 Å². The molecular weight excluding hydrogens is 212 g/mol. The Balaban J connectivity index is 1.92. The lowest BCUT2D eigenvalue weighted by molar-refractivity contribution is 0.0852. The Bertz CT molecular complexity index is 566. The Morgan fingerprint density at radius 2 is 2.18 bits per heavy atom. The van der Waals surface area contributed by atoms with E-state index in [-0.39, 0.29) is 11.4 Å². The van der Waals surface area contributed by atoms with Crippen LogP contribution in [0, 0.1) is 0 Å². The summed E-state index contributed by atoms with van der Waals surface area (Å²) < 4.78 is 0. The van der Waals surface area contributed by atoms with E-state index in [1.54, 1.807) is 0 Å². The zero-order valence-corrected chi connectivity index (χ0v) is 9.92. The predicted octanol–water partition coefficient (Wildman–Crippen LogP) is 2.84. The van der Waals surface area contributed by atoms with Crippen LogP contribution in [-0.2, 0) is 0 Å². The molecule has 0 bridgehead atoms. The second-order valence-electron chi connectivity index (χ2n) is 5.12. The number of fused-ring (bicyclic) bond motifs is 1. The standard InChI is InChI=1S/C14H16N2O/c1-14(7-3-8-14)16-13(17)11-5-2-4-10-6-9-15-12(10)11/h2,4-6,9,15H,3,7-8H2,1H3,(H,16,17). The predicted molar refractivity (Wildman–Crippen MR) is 68.0 cm³/mol. The molecule has 1 aromatic carbocycles. The van der Waals surface area contributed by atoms with Crippen LogP contribution in [0.1, 0.15) is 36.5 Å².